The molecule has 1 aromatic carbocycles. The molecule has 0 saturated heterocycles. The predicted octanol–water partition coefficient (Wildman–Crippen LogP) is 2.99. The van der Waals surface area contributed by atoms with Crippen molar-refractivity contribution in [3.63, 3.8) is 0 Å². The molecule has 2 N–H and O–H groups in total. The van der Waals surface area contributed by atoms with Crippen LogP contribution in [0.2, 0.25) is 0 Å². The first-order chi connectivity index (χ1) is 10.4. The minimum Gasteiger partial charge on any atom is -0.368 e. The number of benzene rings is 1. The number of carbonyl (C=O) groups is 1. The van der Waals surface area contributed by atoms with E-state index in [0.717, 1.165) is 4.47 Å². The first-order valence-electron chi connectivity index (χ1n) is 6.98. The summed E-state index contributed by atoms with van der Waals surface area (Å²) >= 11 is 3.50. The van der Waals surface area contributed by atoms with Crippen LogP contribution in [0, 0.1) is 0 Å². The lowest BCUT2D eigenvalue weighted by Gasteiger charge is -2.26. The SMILES string of the molecule is CNC(=O)c1ccc(NCC(C)(C)c2cccc(Br)c2)nn1. The molecule has 0 atom stereocenters. The van der Waals surface area contributed by atoms with E-state index >= 15 is 0 Å². The van der Waals surface area contributed by atoms with E-state index in [4.69, 9.17) is 0 Å². The van der Waals surface area contributed by atoms with Crippen LogP contribution in [0.1, 0.15) is 29.9 Å². The number of carbonyl (C=O) groups excluding carboxylic acids is 1. The molecular weight excluding hydrogens is 344 g/mol. The largest absolute Gasteiger partial charge is 0.368 e. The normalized spacial score (nSPS) is 11.1. The van der Waals surface area contributed by atoms with Gasteiger partial charge in [0.05, 0.1) is 0 Å². The van der Waals surface area contributed by atoms with Crippen LogP contribution >= 0.6 is 15.9 Å². The first-order valence-corrected chi connectivity index (χ1v) is 7.77. The second kappa shape index (κ2) is 6.87. The van der Waals surface area contributed by atoms with E-state index in [1.807, 2.05) is 12.1 Å². The van der Waals surface area contributed by atoms with Gasteiger partial charge in [-0.2, -0.15) is 0 Å². The van der Waals surface area contributed by atoms with Crippen molar-refractivity contribution in [1.29, 1.82) is 0 Å². The number of nitrogens with zero attached hydrogens (tertiary/aromatic N) is 2. The van der Waals surface area contributed by atoms with Gasteiger partial charge in [0.15, 0.2) is 5.69 Å². The van der Waals surface area contributed by atoms with Gasteiger partial charge in [0.25, 0.3) is 5.91 Å². The van der Waals surface area contributed by atoms with Crippen molar-refractivity contribution in [2.24, 2.45) is 0 Å². The van der Waals surface area contributed by atoms with Gasteiger partial charge in [0.2, 0.25) is 0 Å². The van der Waals surface area contributed by atoms with Gasteiger partial charge in [0, 0.05) is 23.5 Å². The number of rotatable bonds is 5. The van der Waals surface area contributed by atoms with Gasteiger partial charge >= 0.3 is 0 Å². The number of anilines is 1. The highest BCUT2D eigenvalue weighted by Crippen LogP contribution is 2.26. The van der Waals surface area contributed by atoms with Gasteiger partial charge in [-0.15, -0.1) is 10.2 Å². The molecule has 22 heavy (non-hydrogen) atoms. The molecule has 116 valence electrons. The minimum absolute atomic E-state index is 0.0646. The van der Waals surface area contributed by atoms with Gasteiger partial charge in [0.1, 0.15) is 5.82 Å². The molecule has 0 radical (unpaired) electrons. The van der Waals surface area contributed by atoms with E-state index in [1.54, 1.807) is 19.2 Å². The summed E-state index contributed by atoms with van der Waals surface area (Å²) in [4.78, 5) is 11.4. The Balaban J connectivity index is 2.04. The molecule has 5 nitrogen and oxygen atoms in total. The number of hydrogen-bond donors (Lipinski definition) is 2. The Morgan fingerprint density at radius 1 is 1.23 bits per heavy atom. The third-order valence-electron chi connectivity index (χ3n) is 3.44. The van der Waals surface area contributed by atoms with Gasteiger partial charge in [-0.05, 0) is 29.8 Å². The molecule has 1 amide bonds. The van der Waals surface area contributed by atoms with Crippen molar-refractivity contribution in [1.82, 2.24) is 15.5 Å². The number of hydrogen-bond acceptors (Lipinski definition) is 4. The summed E-state index contributed by atoms with van der Waals surface area (Å²) < 4.78 is 1.06. The monoisotopic (exact) mass is 362 g/mol. The Morgan fingerprint density at radius 2 is 2.00 bits per heavy atom. The highest BCUT2D eigenvalue weighted by Gasteiger charge is 2.20. The van der Waals surface area contributed by atoms with Crippen LogP contribution in [0.3, 0.4) is 0 Å². The second-order valence-corrected chi connectivity index (χ2v) is 6.55. The van der Waals surface area contributed by atoms with Crippen LogP contribution in [-0.4, -0.2) is 29.7 Å². The molecule has 2 aromatic rings. The van der Waals surface area contributed by atoms with Crippen molar-refractivity contribution in [2.75, 3.05) is 18.9 Å². The van der Waals surface area contributed by atoms with Crippen LogP contribution in [-0.2, 0) is 5.41 Å². The average Bonchev–Trinajstić information content (AvgIpc) is 2.53. The molecule has 1 aromatic heterocycles. The summed E-state index contributed by atoms with van der Waals surface area (Å²) in [6, 6.07) is 11.7. The molecular formula is C16H19BrN4O. The molecule has 1 heterocycles. The Hall–Kier alpha value is -1.95. The summed E-state index contributed by atoms with van der Waals surface area (Å²) in [6.07, 6.45) is 0. The fourth-order valence-electron chi connectivity index (χ4n) is 2.00. The summed E-state index contributed by atoms with van der Waals surface area (Å²) in [5, 5.41) is 13.7. The van der Waals surface area contributed by atoms with Crippen LogP contribution < -0.4 is 10.6 Å². The molecule has 0 aliphatic heterocycles. The molecule has 0 aliphatic carbocycles. The van der Waals surface area contributed by atoms with Gasteiger partial charge in [-0.3, -0.25) is 4.79 Å². The van der Waals surface area contributed by atoms with Gasteiger partial charge in [-0.25, -0.2) is 0 Å². The Labute approximate surface area is 138 Å². The molecule has 0 fully saturated rings. The van der Waals surface area contributed by atoms with Crippen LogP contribution in [0.4, 0.5) is 5.82 Å². The lowest BCUT2D eigenvalue weighted by Crippen LogP contribution is -2.28. The lowest BCUT2D eigenvalue weighted by molar-refractivity contribution is 0.0957. The molecule has 0 saturated carbocycles. The van der Waals surface area contributed by atoms with E-state index in [-0.39, 0.29) is 11.3 Å². The van der Waals surface area contributed by atoms with Crippen molar-refractivity contribution in [2.45, 2.75) is 19.3 Å². The van der Waals surface area contributed by atoms with Crippen molar-refractivity contribution >= 4 is 27.7 Å². The average molecular weight is 363 g/mol. The number of halogens is 1. The summed E-state index contributed by atoms with van der Waals surface area (Å²) in [7, 11) is 1.57. The van der Waals surface area contributed by atoms with E-state index in [0.29, 0.717) is 18.1 Å². The fraction of sp³-hybridized carbons (Fsp3) is 0.312. The van der Waals surface area contributed by atoms with Crippen molar-refractivity contribution in [3.8, 4) is 0 Å². The first kappa shape index (κ1) is 16.4. The van der Waals surface area contributed by atoms with Crippen molar-refractivity contribution in [3.05, 3.63) is 52.1 Å². The van der Waals surface area contributed by atoms with Gasteiger partial charge < -0.3 is 10.6 Å². The third kappa shape index (κ3) is 4.04. The Bertz CT molecular complexity index is 655. The summed E-state index contributed by atoms with van der Waals surface area (Å²) in [5.41, 5.74) is 1.47. The molecule has 0 unspecified atom stereocenters. The summed E-state index contributed by atoms with van der Waals surface area (Å²) in [6.45, 7) is 5.03. The number of nitrogens with one attached hydrogen (secondary N) is 2. The van der Waals surface area contributed by atoms with E-state index in [1.165, 1.54) is 5.56 Å². The Kier molecular flexibility index (Phi) is 5.13. The molecule has 6 heteroatoms. The molecule has 0 spiro atoms. The number of amides is 1. The van der Waals surface area contributed by atoms with E-state index in [2.05, 4.69) is 62.7 Å². The third-order valence-corrected chi connectivity index (χ3v) is 3.94. The van der Waals surface area contributed by atoms with E-state index < -0.39 is 0 Å². The lowest BCUT2D eigenvalue weighted by atomic mass is 9.84. The number of aromatic nitrogens is 2. The molecule has 2 rings (SSSR count). The zero-order valence-corrected chi connectivity index (χ0v) is 14.4. The van der Waals surface area contributed by atoms with Crippen LogP contribution in [0.5, 0.6) is 0 Å². The standard InChI is InChI=1S/C16H19BrN4O/c1-16(2,11-5-4-6-12(17)9-11)10-19-14-8-7-13(20-21-14)15(22)18-3/h4-9H,10H2,1-3H3,(H,18,22)(H,19,21). The smallest absolute Gasteiger partial charge is 0.271 e. The van der Waals surface area contributed by atoms with Crippen LogP contribution in [0.15, 0.2) is 40.9 Å². The zero-order valence-electron chi connectivity index (χ0n) is 12.9. The van der Waals surface area contributed by atoms with Crippen molar-refractivity contribution < 1.29 is 4.79 Å². The maximum Gasteiger partial charge on any atom is 0.271 e. The zero-order chi connectivity index (χ0) is 16.2. The fourth-order valence-corrected chi connectivity index (χ4v) is 2.40. The minimum atomic E-state index is -0.242. The molecule has 0 aliphatic rings. The topological polar surface area (TPSA) is 66.9 Å². The summed E-state index contributed by atoms with van der Waals surface area (Å²) in [5.74, 6) is 0.407. The maximum atomic E-state index is 11.4. The quantitative estimate of drug-likeness (QED) is 0.857. The van der Waals surface area contributed by atoms with E-state index in [9.17, 15) is 4.79 Å². The second-order valence-electron chi connectivity index (χ2n) is 5.63. The molecule has 0 bridgehead atoms. The highest BCUT2D eigenvalue weighted by atomic mass is 79.9. The van der Waals surface area contributed by atoms with Crippen LogP contribution in [0.25, 0.3) is 0 Å². The predicted molar refractivity (Wildman–Crippen MR) is 91.1 cm³/mol. The maximum absolute atomic E-state index is 11.4. The highest BCUT2D eigenvalue weighted by molar-refractivity contribution is 9.10. The Morgan fingerprint density at radius 3 is 2.59 bits per heavy atom. The van der Waals surface area contributed by atoms with Gasteiger partial charge in [-0.1, -0.05) is 41.9 Å².